The lowest BCUT2D eigenvalue weighted by molar-refractivity contribution is 0.0405. The van der Waals surface area contributed by atoms with Gasteiger partial charge in [-0.25, -0.2) is 0 Å². The van der Waals surface area contributed by atoms with E-state index in [9.17, 15) is 0 Å². The Morgan fingerprint density at radius 2 is 0.842 bits per heavy atom. The second kappa shape index (κ2) is 6.19. The average molecular weight is 264 g/mol. The van der Waals surface area contributed by atoms with Crippen molar-refractivity contribution in [3.8, 4) is 0 Å². The molecule has 0 saturated heterocycles. The molecule has 0 aromatic heterocycles. The minimum atomic E-state index is 0.945. The van der Waals surface area contributed by atoms with Crippen molar-refractivity contribution in [3.05, 3.63) is 0 Å². The predicted octanol–water partition coefficient (Wildman–Crippen LogP) is 6.01. The lowest BCUT2D eigenvalue weighted by Gasteiger charge is -2.46. The standard InChI is InChI=1S/C19H36/c1-12-7-9-14(3)18(16(12)5)11-19-15(4)10-8-13(2)17(19)6/h12-19H,7-11H2,1-6H3. The number of rotatable bonds is 2. The van der Waals surface area contributed by atoms with E-state index in [0.717, 1.165) is 47.3 Å². The molecule has 2 saturated carbocycles. The van der Waals surface area contributed by atoms with Gasteiger partial charge < -0.3 is 0 Å². The summed E-state index contributed by atoms with van der Waals surface area (Å²) >= 11 is 0. The normalized spacial score (nSPS) is 52.1. The molecule has 0 spiro atoms. The molecular weight excluding hydrogens is 228 g/mol. The smallest absolute Gasteiger partial charge is 0.0357 e. The summed E-state index contributed by atoms with van der Waals surface area (Å²) < 4.78 is 0. The molecule has 0 N–H and O–H groups in total. The van der Waals surface area contributed by atoms with Crippen molar-refractivity contribution in [3.63, 3.8) is 0 Å². The molecule has 0 amide bonds. The van der Waals surface area contributed by atoms with Crippen LogP contribution in [0.4, 0.5) is 0 Å². The highest BCUT2D eigenvalue weighted by Crippen LogP contribution is 2.47. The Morgan fingerprint density at radius 1 is 0.526 bits per heavy atom. The summed E-state index contributed by atoms with van der Waals surface area (Å²) in [5.74, 6) is 7.69. The highest BCUT2D eigenvalue weighted by Gasteiger charge is 2.38. The Hall–Kier alpha value is 0. The van der Waals surface area contributed by atoms with Gasteiger partial charge in [-0.2, -0.15) is 0 Å². The first kappa shape index (κ1) is 15.4. The van der Waals surface area contributed by atoms with Crippen molar-refractivity contribution in [2.75, 3.05) is 0 Å². The topological polar surface area (TPSA) is 0 Å². The van der Waals surface area contributed by atoms with Crippen molar-refractivity contribution in [1.29, 1.82) is 0 Å². The minimum absolute atomic E-state index is 0.945. The zero-order valence-electron chi connectivity index (χ0n) is 14.2. The SMILES string of the molecule is CC1CCC(C)C(CC2C(C)CCC(C)C2C)C1C. The summed E-state index contributed by atoms with van der Waals surface area (Å²) in [5, 5.41) is 0. The molecule has 0 radical (unpaired) electrons. The monoisotopic (exact) mass is 264 g/mol. The van der Waals surface area contributed by atoms with Gasteiger partial charge in [0.2, 0.25) is 0 Å². The van der Waals surface area contributed by atoms with Gasteiger partial charge >= 0.3 is 0 Å². The van der Waals surface area contributed by atoms with E-state index < -0.39 is 0 Å². The molecule has 2 aliphatic rings. The molecule has 0 aromatic rings. The molecule has 19 heavy (non-hydrogen) atoms. The van der Waals surface area contributed by atoms with Crippen LogP contribution in [-0.2, 0) is 0 Å². The number of hydrogen-bond acceptors (Lipinski definition) is 0. The Labute approximate surface area is 121 Å². The Kier molecular flexibility index (Phi) is 5.01. The molecule has 0 heterocycles. The van der Waals surface area contributed by atoms with Gasteiger partial charge in [0.05, 0.1) is 0 Å². The first-order chi connectivity index (χ1) is 8.91. The average Bonchev–Trinajstić information content (AvgIpc) is 2.38. The Bertz CT molecular complexity index is 254. The maximum Gasteiger partial charge on any atom is -0.0357 e. The van der Waals surface area contributed by atoms with Gasteiger partial charge in [-0.05, 0) is 53.8 Å². The lowest BCUT2D eigenvalue weighted by Crippen LogP contribution is -2.37. The van der Waals surface area contributed by atoms with Gasteiger partial charge in [0.15, 0.2) is 0 Å². The van der Waals surface area contributed by atoms with Crippen LogP contribution in [0.1, 0.15) is 73.6 Å². The molecule has 2 aliphatic carbocycles. The first-order valence-electron chi connectivity index (χ1n) is 8.91. The molecule has 8 unspecified atom stereocenters. The van der Waals surface area contributed by atoms with Crippen LogP contribution >= 0.6 is 0 Å². The van der Waals surface area contributed by atoms with Crippen LogP contribution in [0.15, 0.2) is 0 Å². The van der Waals surface area contributed by atoms with E-state index in [1.165, 1.54) is 32.1 Å². The van der Waals surface area contributed by atoms with E-state index in [2.05, 4.69) is 41.5 Å². The van der Waals surface area contributed by atoms with Gasteiger partial charge in [0.25, 0.3) is 0 Å². The van der Waals surface area contributed by atoms with Gasteiger partial charge in [-0.3, -0.25) is 0 Å². The molecular formula is C19H36. The first-order valence-corrected chi connectivity index (χ1v) is 8.91. The molecule has 2 fully saturated rings. The summed E-state index contributed by atoms with van der Waals surface area (Å²) in [5.41, 5.74) is 0. The molecule has 0 nitrogen and oxygen atoms in total. The van der Waals surface area contributed by atoms with Crippen molar-refractivity contribution < 1.29 is 0 Å². The molecule has 112 valence electrons. The van der Waals surface area contributed by atoms with Crippen LogP contribution in [-0.4, -0.2) is 0 Å². The second-order valence-corrected chi connectivity index (χ2v) is 8.35. The fourth-order valence-corrected chi connectivity index (χ4v) is 5.09. The predicted molar refractivity (Wildman–Crippen MR) is 85.0 cm³/mol. The van der Waals surface area contributed by atoms with E-state index in [0.29, 0.717) is 0 Å². The van der Waals surface area contributed by atoms with Crippen molar-refractivity contribution in [2.45, 2.75) is 73.6 Å². The van der Waals surface area contributed by atoms with Gasteiger partial charge in [-0.1, -0.05) is 67.2 Å². The quantitative estimate of drug-likeness (QED) is 0.572. The van der Waals surface area contributed by atoms with Crippen LogP contribution in [0.5, 0.6) is 0 Å². The highest BCUT2D eigenvalue weighted by atomic mass is 14.4. The third-order valence-electron chi connectivity index (χ3n) is 7.31. The molecule has 0 aromatic carbocycles. The maximum absolute atomic E-state index is 2.53. The molecule has 2 rings (SSSR count). The Balaban J connectivity index is 2.05. The summed E-state index contributed by atoms with van der Waals surface area (Å²) in [6.45, 7) is 15.1. The van der Waals surface area contributed by atoms with Crippen LogP contribution in [0.25, 0.3) is 0 Å². The Morgan fingerprint density at radius 3 is 1.21 bits per heavy atom. The van der Waals surface area contributed by atoms with E-state index >= 15 is 0 Å². The molecule has 0 heteroatoms. The third kappa shape index (κ3) is 3.19. The van der Waals surface area contributed by atoms with Crippen LogP contribution < -0.4 is 0 Å². The fraction of sp³-hybridized carbons (Fsp3) is 1.00. The van der Waals surface area contributed by atoms with Gasteiger partial charge in [0, 0.05) is 0 Å². The highest BCUT2D eigenvalue weighted by molar-refractivity contribution is 4.88. The number of hydrogen-bond donors (Lipinski definition) is 0. The largest absolute Gasteiger partial charge is 0.0622 e. The molecule has 8 atom stereocenters. The van der Waals surface area contributed by atoms with Crippen LogP contribution in [0.3, 0.4) is 0 Å². The minimum Gasteiger partial charge on any atom is -0.0622 e. The van der Waals surface area contributed by atoms with E-state index in [1.54, 1.807) is 0 Å². The summed E-state index contributed by atoms with van der Waals surface area (Å²) in [6.07, 6.45) is 7.39. The summed E-state index contributed by atoms with van der Waals surface area (Å²) in [4.78, 5) is 0. The van der Waals surface area contributed by atoms with Gasteiger partial charge in [-0.15, -0.1) is 0 Å². The summed E-state index contributed by atoms with van der Waals surface area (Å²) in [7, 11) is 0. The zero-order valence-corrected chi connectivity index (χ0v) is 14.2. The van der Waals surface area contributed by atoms with E-state index in [1.807, 2.05) is 0 Å². The van der Waals surface area contributed by atoms with Crippen molar-refractivity contribution in [1.82, 2.24) is 0 Å². The van der Waals surface area contributed by atoms with Gasteiger partial charge in [0.1, 0.15) is 0 Å². The maximum atomic E-state index is 2.53. The van der Waals surface area contributed by atoms with Crippen LogP contribution in [0, 0.1) is 47.3 Å². The summed E-state index contributed by atoms with van der Waals surface area (Å²) in [6, 6.07) is 0. The molecule has 0 aliphatic heterocycles. The van der Waals surface area contributed by atoms with Crippen LogP contribution in [0.2, 0.25) is 0 Å². The van der Waals surface area contributed by atoms with Crippen molar-refractivity contribution in [2.24, 2.45) is 47.3 Å². The van der Waals surface area contributed by atoms with E-state index in [4.69, 9.17) is 0 Å². The zero-order chi connectivity index (χ0) is 14.2. The van der Waals surface area contributed by atoms with Crippen molar-refractivity contribution >= 4 is 0 Å². The second-order valence-electron chi connectivity index (χ2n) is 8.35. The molecule has 0 bridgehead atoms. The third-order valence-corrected chi connectivity index (χ3v) is 7.31. The van der Waals surface area contributed by atoms with E-state index in [-0.39, 0.29) is 0 Å². The fourth-order valence-electron chi connectivity index (χ4n) is 5.09. The lowest BCUT2D eigenvalue weighted by atomic mass is 9.60.